The highest BCUT2D eigenvalue weighted by Crippen LogP contribution is 2.52. The predicted octanol–water partition coefficient (Wildman–Crippen LogP) is 4.92. The van der Waals surface area contributed by atoms with Crippen LogP contribution < -0.4 is 19.5 Å². The van der Waals surface area contributed by atoms with Gasteiger partial charge in [-0.2, -0.15) is 0 Å². The van der Waals surface area contributed by atoms with Gasteiger partial charge in [-0.1, -0.05) is 29.8 Å². The summed E-state index contributed by atoms with van der Waals surface area (Å²) >= 11 is 1.17. The van der Waals surface area contributed by atoms with E-state index in [-0.39, 0.29) is 17.2 Å². The largest absolute Gasteiger partial charge is 0.496 e. The van der Waals surface area contributed by atoms with Crippen molar-refractivity contribution in [2.75, 3.05) is 26.6 Å². The summed E-state index contributed by atoms with van der Waals surface area (Å²) in [6.07, 6.45) is 0.158. The number of methoxy groups -OCH3 is 3. The minimum Gasteiger partial charge on any atom is -0.496 e. The first kappa shape index (κ1) is 21.7. The molecular formula is C24H23NO6S. The quantitative estimate of drug-likeness (QED) is 0.550. The lowest BCUT2D eigenvalue weighted by atomic mass is 9.87. The van der Waals surface area contributed by atoms with Gasteiger partial charge in [0.15, 0.2) is 11.5 Å². The number of ether oxygens (including phenoxy) is 3. The van der Waals surface area contributed by atoms with Crippen LogP contribution in [0.3, 0.4) is 0 Å². The Balaban J connectivity index is 1.95. The van der Waals surface area contributed by atoms with Gasteiger partial charge < -0.3 is 24.6 Å². The molecule has 2 N–H and O–H groups in total. The number of thiophene rings is 1. The van der Waals surface area contributed by atoms with Crippen LogP contribution in [-0.4, -0.2) is 38.3 Å². The summed E-state index contributed by atoms with van der Waals surface area (Å²) in [4.78, 5) is 25.9. The third kappa shape index (κ3) is 3.67. The van der Waals surface area contributed by atoms with Crippen LogP contribution in [0.5, 0.6) is 17.2 Å². The van der Waals surface area contributed by atoms with Gasteiger partial charge in [-0.3, -0.25) is 4.79 Å². The average Bonchev–Trinajstić information content (AvgIpc) is 3.17. The Labute approximate surface area is 189 Å². The van der Waals surface area contributed by atoms with Gasteiger partial charge in [-0.25, -0.2) is 4.79 Å². The molecule has 8 heteroatoms. The molecule has 166 valence electrons. The van der Waals surface area contributed by atoms with E-state index in [1.165, 1.54) is 25.6 Å². The number of amides is 1. The SMILES string of the molecule is COc1cc(OC)c(C2CC(=O)Nc3c2sc(C(=O)O)c3-c2ccc(C)cc2)cc1OC. The molecule has 3 aromatic rings. The number of carbonyl (C=O) groups is 2. The number of anilines is 1. The molecule has 1 aliphatic heterocycles. The van der Waals surface area contributed by atoms with Crippen molar-refractivity contribution in [2.24, 2.45) is 0 Å². The monoisotopic (exact) mass is 453 g/mol. The van der Waals surface area contributed by atoms with Gasteiger partial charge in [0.1, 0.15) is 10.6 Å². The number of fused-ring (bicyclic) bond motifs is 1. The van der Waals surface area contributed by atoms with E-state index in [1.54, 1.807) is 19.2 Å². The van der Waals surface area contributed by atoms with Gasteiger partial charge in [-0.05, 0) is 18.6 Å². The Morgan fingerprint density at radius 1 is 1.03 bits per heavy atom. The van der Waals surface area contributed by atoms with Crippen molar-refractivity contribution in [1.82, 2.24) is 0 Å². The summed E-state index contributed by atoms with van der Waals surface area (Å²) < 4.78 is 16.4. The second-order valence-corrected chi connectivity index (χ2v) is 8.52. The molecule has 2 heterocycles. The fourth-order valence-corrected chi connectivity index (χ4v) is 5.25. The van der Waals surface area contributed by atoms with Crippen molar-refractivity contribution in [3.05, 3.63) is 57.3 Å². The van der Waals surface area contributed by atoms with E-state index in [1.807, 2.05) is 31.2 Å². The molecule has 0 radical (unpaired) electrons. The first-order valence-corrected chi connectivity index (χ1v) is 10.8. The van der Waals surface area contributed by atoms with Crippen molar-refractivity contribution in [3.63, 3.8) is 0 Å². The summed E-state index contributed by atoms with van der Waals surface area (Å²) in [5.41, 5.74) is 3.59. The zero-order chi connectivity index (χ0) is 23.0. The number of aromatic carboxylic acids is 1. The molecule has 0 fully saturated rings. The van der Waals surface area contributed by atoms with Crippen LogP contribution in [0.2, 0.25) is 0 Å². The highest BCUT2D eigenvalue weighted by molar-refractivity contribution is 7.15. The molecule has 0 spiro atoms. The number of rotatable bonds is 6. The molecule has 7 nitrogen and oxygen atoms in total. The fraction of sp³-hybridized carbons (Fsp3) is 0.250. The molecule has 0 saturated carbocycles. The third-order valence-electron chi connectivity index (χ3n) is 5.55. The van der Waals surface area contributed by atoms with E-state index >= 15 is 0 Å². The highest BCUT2D eigenvalue weighted by Gasteiger charge is 2.36. The third-order valence-corrected chi connectivity index (χ3v) is 6.84. The van der Waals surface area contributed by atoms with Crippen molar-refractivity contribution in [3.8, 4) is 28.4 Å². The van der Waals surface area contributed by atoms with E-state index in [0.717, 1.165) is 21.6 Å². The minimum absolute atomic E-state index is 0.158. The lowest BCUT2D eigenvalue weighted by molar-refractivity contribution is -0.116. The van der Waals surface area contributed by atoms with Gasteiger partial charge in [0.05, 0.1) is 27.0 Å². The normalized spacial score (nSPS) is 15.0. The Bertz CT molecular complexity index is 1200. The van der Waals surface area contributed by atoms with E-state index in [0.29, 0.717) is 28.5 Å². The number of hydrogen-bond acceptors (Lipinski definition) is 6. The van der Waals surface area contributed by atoms with Crippen molar-refractivity contribution in [2.45, 2.75) is 19.3 Å². The lowest BCUT2D eigenvalue weighted by Gasteiger charge is -2.26. The summed E-state index contributed by atoms with van der Waals surface area (Å²) in [7, 11) is 4.62. The summed E-state index contributed by atoms with van der Waals surface area (Å²) in [5, 5.41) is 12.9. The molecule has 0 saturated heterocycles. The second kappa shape index (κ2) is 8.55. The zero-order valence-corrected chi connectivity index (χ0v) is 19.0. The summed E-state index contributed by atoms with van der Waals surface area (Å²) in [5.74, 6) is -0.0723. The summed E-state index contributed by atoms with van der Waals surface area (Å²) in [6, 6.07) is 11.1. The van der Waals surface area contributed by atoms with Crippen LogP contribution in [0.15, 0.2) is 36.4 Å². The number of carboxylic acid groups (broad SMARTS) is 1. The maximum absolute atomic E-state index is 12.8. The topological polar surface area (TPSA) is 94.1 Å². The molecule has 1 aromatic heterocycles. The first-order valence-electron chi connectivity index (χ1n) is 9.94. The molecule has 0 bridgehead atoms. The van der Waals surface area contributed by atoms with Crippen LogP contribution in [0.25, 0.3) is 11.1 Å². The van der Waals surface area contributed by atoms with Crippen LogP contribution in [0.4, 0.5) is 5.69 Å². The van der Waals surface area contributed by atoms with E-state index < -0.39 is 11.9 Å². The van der Waals surface area contributed by atoms with Gasteiger partial charge in [0.2, 0.25) is 5.91 Å². The number of carbonyl (C=O) groups excluding carboxylic acids is 1. The number of benzene rings is 2. The highest BCUT2D eigenvalue weighted by atomic mass is 32.1. The summed E-state index contributed by atoms with van der Waals surface area (Å²) in [6.45, 7) is 1.96. The van der Waals surface area contributed by atoms with Crippen LogP contribution in [-0.2, 0) is 4.79 Å². The van der Waals surface area contributed by atoms with Gasteiger partial charge in [0.25, 0.3) is 0 Å². The predicted molar refractivity (Wildman–Crippen MR) is 123 cm³/mol. The van der Waals surface area contributed by atoms with E-state index in [4.69, 9.17) is 14.2 Å². The molecule has 0 aliphatic carbocycles. The van der Waals surface area contributed by atoms with Crippen LogP contribution in [0.1, 0.15) is 38.0 Å². The number of aryl methyl sites for hydroxylation is 1. The van der Waals surface area contributed by atoms with Crippen molar-refractivity contribution in [1.29, 1.82) is 0 Å². The lowest BCUT2D eigenvalue weighted by Crippen LogP contribution is -2.23. The van der Waals surface area contributed by atoms with Gasteiger partial charge in [-0.15, -0.1) is 11.3 Å². The molecule has 32 heavy (non-hydrogen) atoms. The Morgan fingerprint density at radius 3 is 2.25 bits per heavy atom. The molecule has 2 aromatic carbocycles. The molecule has 1 aliphatic rings. The molecule has 1 amide bonds. The fourth-order valence-electron chi connectivity index (χ4n) is 4.01. The van der Waals surface area contributed by atoms with E-state index in [2.05, 4.69) is 5.32 Å². The van der Waals surface area contributed by atoms with Crippen molar-refractivity contribution >= 4 is 28.9 Å². The van der Waals surface area contributed by atoms with Crippen LogP contribution in [0, 0.1) is 6.92 Å². The smallest absolute Gasteiger partial charge is 0.346 e. The molecule has 4 rings (SSSR count). The van der Waals surface area contributed by atoms with Crippen molar-refractivity contribution < 1.29 is 28.9 Å². The molecular weight excluding hydrogens is 430 g/mol. The second-order valence-electron chi connectivity index (χ2n) is 7.47. The maximum Gasteiger partial charge on any atom is 0.346 e. The maximum atomic E-state index is 12.8. The van der Waals surface area contributed by atoms with E-state index in [9.17, 15) is 14.7 Å². The standard InChI is InChI=1S/C24H23NO6S/c1-12-5-7-13(8-6-12)20-21-22(32-23(20)24(27)28)15(10-19(26)25-21)14-9-17(30-3)18(31-4)11-16(14)29-2/h5-9,11,15H,10H2,1-4H3,(H,25,26)(H,27,28). The average molecular weight is 454 g/mol. The molecule has 1 unspecified atom stereocenters. The van der Waals surface area contributed by atoms with Crippen LogP contribution >= 0.6 is 11.3 Å². The zero-order valence-electron chi connectivity index (χ0n) is 18.1. The number of hydrogen-bond donors (Lipinski definition) is 2. The van der Waals surface area contributed by atoms with Gasteiger partial charge >= 0.3 is 5.97 Å². The number of carboxylic acids is 1. The number of nitrogens with one attached hydrogen (secondary N) is 1. The Kier molecular flexibility index (Phi) is 5.80. The minimum atomic E-state index is -1.03. The Hall–Kier alpha value is -3.52. The Morgan fingerprint density at radius 2 is 1.66 bits per heavy atom. The van der Waals surface area contributed by atoms with Gasteiger partial charge in [0, 0.05) is 34.4 Å². The first-order chi connectivity index (χ1) is 15.4. The molecule has 1 atom stereocenters.